The molecule has 102 valence electrons. The topological polar surface area (TPSA) is 61.4 Å². The first-order valence-electron chi connectivity index (χ1n) is 6.50. The van der Waals surface area contributed by atoms with Crippen LogP contribution < -0.4 is 10.2 Å². The second-order valence-electron chi connectivity index (χ2n) is 4.90. The molecule has 0 unspecified atom stereocenters. The van der Waals surface area contributed by atoms with Crippen LogP contribution in [-0.2, 0) is 0 Å². The molecule has 2 heterocycles. The van der Waals surface area contributed by atoms with Crippen molar-refractivity contribution in [3.05, 3.63) is 16.9 Å². The predicted molar refractivity (Wildman–Crippen MR) is 75.1 cm³/mol. The van der Waals surface area contributed by atoms with Crippen LogP contribution in [0.25, 0.3) is 0 Å². The van der Waals surface area contributed by atoms with E-state index in [0.29, 0.717) is 6.04 Å². The van der Waals surface area contributed by atoms with Crippen molar-refractivity contribution in [1.29, 1.82) is 0 Å². The standard InChI is InChI=1S/C12H16BrN5O/c13-9-7-14-11(15-8-9)17-3-5-18(6-4-17)12(19)16-10-1-2-10/h7-8,10H,1-6H2,(H,16,19). The van der Waals surface area contributed by atoms with Crippen molar-refractivity contribution in [2.45, 2.75) is 18.9 Å². The van der Waals surface area contributed by atoms with Crippen molar-refractivity contribution < 1.29 is 4.79 Å². The average Bonchev–Trinajstić information content (AvgIpc) is 3.24. The molecule has 0 bridgehead atoms. The number of urea groups is 1. The highest BCUT2D eigenvalue weighted by molar-refractivity contribution is 9.10. The monoisotopic (exact) mass is 325 g/mol. The van der Waals surface area contributed by atoms with Gasteiger partial charge in [0.15, 0.2) is 0 Å². The fourth-order valence-electron chi connectivity index (χ4n) is 2.07. The number of nitrogens with zero attached hydrogens (tertiary/aromatic N) is 4. The lowest BCUT2D eigenvalue weighted by molar-refractivity contribution is 0.193. The Balaban J connectivity index is 1.53. The van der Waals surface area contributed by atoms with Crippen LogP contribution in [-0.4, -0.2) is 53.1 Å². The summed E-state index contributed by atoms with van der Waals surface area (Å²) in [6.07, 6.45) is 5.74. The minimum atomic E-state index is 0.0684. The van der Waals surface area contributed by atoms with Crippen molar-refractivity contribution in [3.63, 3.8) is 0 Å². The van der Waals surface area contributed by atoms with E-state index >= 15 is 0 Å². The average molecular weight is 326 g/mol. The molecule has 3 rings (SSSR count). The van der Waals surface area contributed by atoms with Gasteiger partial charge < -0.3 is 15.1 Å². The number of hydrogen-bond acceptors (Lipinski definition) is 4. The van der Waals surface area contributed by atoms with E-state index in [0.717, 1.165) is 49.4 Å². The summed E-state index contributed by atoms with van der Waals surface area (Å²) < 4.78 is 0.874. The fraction of sp³-hybridized carbons (Fsp3) is 0.583. The van der Waals surface area contributed by atoms with Crippen LogP contribution in [0.4, 0.5) is 10.7 Å². The van der Waals surface area contributed by atoms with Gasteiger partial charge in [0, 0.05) is 44.6 Å². The van der Waals surface area contributed by atoms with E-state index in [9.17, 15) is 4.79 Å². The molecule has 19 heavy (non-hydrogen) atoms. The quantitative estimate of drug-likeness (QED) is 0.888. The number of anilines is 1. The van der Waals surface area contributed by atoms with E-state index in [2.05, 4.69) is 36.1 Å². The third-order valence-electron chi connectivity index (χ3n) is 3.36. The van der Waals surface area contributed by atoms with Crippen LogP contribution in [0.3, 0.4) is 0 Å². The molecule has 1 aliphatic heterocycles. The number of carbonyl (C=O) groups is 1. The van der Waals surface area contributed by atoms with Gasteiger partial charge in [0.25, 0.3) is 0 Å². The summed E-state index contributed by atoms with van der Waals surface area (Å²) in [5.41, 5.74) is 0. The molecule has 0 radical (unpaired) electrons. The van der Waals surface area contributed by atoms with Crippen LogP contribution >= 0.6 is 15.9 Å². The first-order chi connectivity index (χ1) is 9.22. The molecule has 1 aromatic heterocycles. The lowest BCUT2D eigenvalue weighted by Crippen LogP contribution is -2.52. The Bertz CT molecular complexity index is 454. The number of piperazine rings is 1. The zero-order chi connectivity index (χ0) is 13.2. The van der Waals surface area contributed by atoms with Gasteiger partial charge in [-0.05, 0) is 28.8 Å². The van der Waals surface area contributed by atoms with Gasteiger partial charge in [0.05, 0.1) is 4.47 Å². The lowest BCUT2D eigenvalue weighted by Gasteiger charge is -2.34. The van der Waals surface area contributed by atoms with Crippen molar-refractivity contribution in [2.24, 2.45) is 0 Å². The zero-order valence-corrected chi connectivity index (χ0v) is 12.1. The molecule has 6 nitrogen and oxygen atoms in total. The molecule has 1 saturated heterocycles. The van der Waals surface area contributed by atoms with E-state index in [4.69, 9.17) is 0 Å². The smallest absolute Gasteiger partial charge is 0.317 e. The van der Waals surface area contributed by atoms with Crippen molar-refractivity contribution in [1.82, 2.24) is 20.2 Å². The number of aromatic nitrogens is 2. The summed E-state index contributed by atoms with van der Waals surface area (Å²) >= 11 is 3.32. The number of rotatable bonds is 2. The van der Waals surface area contributed by atoms with Gasteiger partial charge in [0.2, 0.25) is 5.95 Å². The van der Waals surface area contributed by atoms with E-state index < -0.39 is 0 Å². The summed E-state index contributed by atoms with van der Waals surface area (Å²) in [7, 11) is 0. The Morgan fingerprint density at radius 2 is 1.84 bits per heavy atom. The van der Waals surface area contributed by atoms with Gasteiger partial charge >= 0.3 is 6.03 Å². The molecule has 2 aliphatic rings. The van der Waals surface area contributed by atoms with Crippen molar-refractivity contribution in [3.8, 4) is 0 Å². The number of carbonyl (C=O) groups excluding carboxylic acids is 1. The summed E-state index contributed by atoms with van der Waals surface area (Å²) in [5.74, 6) is 0.727. The molecule has 0 aromatic carbocycles. The Labute approximate surface area is 120 Å². The van der Waals surface area contributed by atoms with E-state index in [1.54, 1.807) is 12.4 Å². The molecule has 1 aliphatic carbocycles. The summed E-state index contributed by atoms with van der Waals surface area (Å²) in [6, 6.07) is 0.485. The summed E-state index contributed by atoms with van der Waals surface area (Å²) in [5, 5.41) is 3.02. The SMILES string of the molecule is O=C(NC1CC1)N1CCN(c2ncc(Br)cn2)CC1. The Kier molecular flexibility index (Phi) is 3.54. The van der Waals surface area contributed by atoms with Crippen LogP contribution in [0.15, 0.2) is 16.9 Å². The van der Waals surface area contributed by atoms with Crippen LogP contribution in [0, 0.1) is 0 Å². The molecule has 1 N–H and O–H groups in total. The molecule has 2 amide bonds. The van der Waals surface area contributed by atoms with Crippen LogP contribution in [0.5, 0.6) is 0 Å². The first-order valence-corrected chi connectivity index (χ1v) is 7.29. The third kappa shape index (κ3) is 3.15. The minimum absolute atomic E-state index is 0.0684. The number of amides is 2. The van der Waals surface area contributed by atoms with Gasteiger partial charge in [-0.3, -0.25) is 0 Å². The molecular weight excluding hydrogens is 310 g/mol. The number of nitrogens with one attached hydrogen (secondary N) is 1. The molecule has 7 heteroatoms. The normalized spacial score (nSPS) is 19.4. The lowest BCUT2D eigenvalue weighted by atomic mass is 10.3. The maximum Gasteiger partial charge on any atom is 0.317 e. The van der Waals surface area contributed by atoms with E-state index in [1.807, 2.05) is 4.90 Å². The second-order valence-corrected chi connectivity index (χ2v) is 5.81. The molecule has 0 atom stereocenters. The predicted octanol–water partition coefficient (Wildman–Crippen LogP) is 1.23. The molecule has 1 aromatic rings. The van der Waals surface area contributed by atoms with Crippen LogP contribution in [0.2, 0.25) is 0 Å². The fourth-order valence-corrected chi connectivity index (χ4v) is 2.28. The Morgan fingerprint density at radius 1 is 1.21 bits per heavy atom. The highest BCUT2D eigenvalue weighted by Crippen LogP contribution is 2.19. The van der Waals surface area contributed by atoms with E-state index in [-0.39, 0.29) is 6.03 Å². The second kappa shape index (κ2) is 5.32. The summed E-state index contributed by atoms with van der Waals surface area (Å²) in [6.45, 7) is 3.00. The van der Waals surface area contributed by atoms with Crippen LogP contribution in [0.1, 0.15) is 12.8 Å². The van der Waals surface area contributed by atoms with E-state index in [1.165, 1.54) is 0 Å². The van der Waals surface area contributed by atoms with Gasteiger partial charge in [0.1, 0.15) is 0 Å². The van der Waals surface area contributed by atoms with Crippen molar-refractivity contribution in [2.75, 3.05) is 31.1 Å². The zero-order valence-electron chi connectivity index (χ0n) is 10.5. The minimum Gasteiger partial charge on any atom is -0.337 e. The number of hydrogen-bond donors (Lipinski definition) is 1. The number of halogens is 1. The van der Waals surface area contributed by atoms with Gasteiger partial charge in [-0.1, -0.05) is 0 Å². The molecule has 1 saturated carbocycles. The highest BCUT2D eigenvalue weighted by Gasteiger charge is 2.28. The maximum absolute atomic E-state index is 11.9. The molecule has 0 spiro atoms. The van der Waals surface area contributed by atoms with Gasteiger partial charge in [-0.15, -0.1) is 0 Å². The van der Waals surface area contributed by atoms with Crippen molar-refractivity contribution >= 4 is 27.9 Å². The maximum atomic E-state index is 11.9. The summed E-state index contributed by atoms with van der Waals surface area (Å²) in [4.78, 5) is 24.4. The van der Waals surface area contributed by atoms with Gasteiger partial charge in [-0.25, -0.2) is 14.8 Å². The highest BCUT2D eigenvalue weighted by atomic mass is 79.9. The molecular formula is C12H16BrN5O. The van der Waals surface area contributed by atoms with Gasteiger partial charge in [-0.2, -0.15) is 0 Å². The Hall–Kier alpha value is -1.37. The largest absolute Gasteiger partial charge is 0.337 e. The molecule has 2 fully saturated rings. The Morgan fingerprint density at radius 3 is 2.42 bits per heavy atom. The first kappa shape index (κ1) is 12.7. The third-order valence-corrected chi connectivity index (χ3v) is 3.77.